The summed E-state index contributed by atoms with van der Waals surface area (Å²) in [6.07, 6.45) is 0. The summed E-state index contributed by atoms with van der Waals surface area (Å²) in [5.41, 5.74) is 6.94. The minimum Gasteiger partial charge on any atom is -0.369 e. The maximum atomic E-state index is 13.0. The van der Waals surface area contributed by atoms with Gasteiger partial charge in [-0.2, -0.15) is 0 Å². The molecule has 7 heteroatoms. The van der Waals surface area contributed by atoms with E-state index in [0.717, 1.165) is 16.9 Å². The number of nitrogens with one attached hydrogen (secondary N) is 1. The Morgan fingerprint density at radius 1 is 1.00 bits per heavy atom. The summed E-state index contributed by atoms with van der Waals surface area (Å²) in [5, 5.41) is 2.82. The molecule has 0 aliphatic rings. The van der Waals surface area contributed by atoms with Crippen LogP contribution < -0.4 is 11.1 Å². The van der Waals surface area contributed by atoms with Crippen LogP contribution in [0.15, 0.2) is 60.7 Å². The van der Waals surface area contributed by atoms with Crippen molar-refractivity contribution in [3.8, 4) is 11.3 Å². The van der Waals surface area contributed by atoms with E-state index in [1.165, 1.54) is 6.92 Å². The van der Waals surface area contributed by atoms with E-state index in [2.05, 4.69) is 10.3 Å². The topological polar surface area (TPSA) is 102 Å². The Bertz CT molecular complexity index is 984. The van der Waals surface area contributed by atoms with Crippen LogP contribution in [0.25, 0.3) is 11.3 Å². The molecule has 1 atom stereocenters. The number of carbonyl (C=O) groups is 3. The van der Waals surface area contributed by atoms with E-state index in [1.54, 1.807) is 24.3 Å². The quantitative estimate of drug-likeness (QED) is 0.507. The molecular formula is C20H17N3O3S. The molecule has 3 N–H and O–H groups in total. The van der Waals surface area contributed by atoms with E-state index in [9.17, 15) is 14.4 Å². The van der Waals surface area contributed by atoms with Crippen molar-refractivity contribution in [3.05, 3.63) is 71.1 Å². The number of thiazole rings is 1. The molecule has 2 amide bonds. The zero-order valence-corrected chi connectivity index (χ0v) is 15.3. The summed E-state index contributed by atoms with van der Waals surface area (Å²) >= 11 is 1.07. The van der Waals surface area contributed by atoms with Crippen molar-refractivity contribution in [2.24, 2.45) is 11.7 Å². The third-order valence-corrected chi connectivity index (χ3v) is 4.94. The molecular weight excluding hydrogens is 362 g/mol. The average Bonchev–Trinajstić information content (AvgIpc) is 3.11. The van der Waals surface area contributed by atoms with Gasteiger partial charge in [-0.25, -0.2) is 4.98 Å². The van der Waals surface area contributed by atoms with Crippen molar-refractivity contribution in [2.45, 2.75) is 6.92 Å². The van der Waals surface area contributed by atoms with Gasteiger partial charge >= 0.3 is 0 Å². The summed E-state index contributed by atoms with van der Waals surface area (Å²) in [6, 6.07) is 18.1. The number of carbonyl (C=O) groups excluding carboxylic acids is 3. The molecule has 0 saturated heterocycles. The zero-order chi connectivity index (χ0) is 19.4. The molecule has 0 aliphatic heterocycles. The molecule has 6 nitrogen and oxygen atoms in total. The number of amides is 2. The van der Waals surface area contributed by atoms with Gasteiger partial charge in [0.25, 0.3) is 0 Å². The number of nitrogens with zero attached hydrogens (tertiary/aromatic N) is 1. The lowest BCUT2D eigenvalue weighted by atomic mass is 10.1. The van der Waals surface area contributed by atoms with Crippen molar-refractivity contribution in [3.63, 3.8) is 0 Å². The molecule has 0 saturated carbocycles. The Labute approximate surface area is 160 Å². The van der Waals surface area contributed by atoms with Crippen LogP contribution in [0.3, 0.4) is 0 Å². The van der Waals surface area contributed by atoms with Gasteiger partial charge in [-0.15, -0.1) is 0 Å². The molecule has 2 aromatic carbocycles. The van der Waals surface area contributed by atoms with E-state index in [-0.39, 0.29) is 10.9 Å². The van der Waals surface area contributed by atoms with E-state index in [1.807, 2.05) is 36.4 Å². The first-order valence-electron chi connectivity index (χ1n) is 8.23. The summed E-state index contributed by atoms with van der Waals surface area (Å²) in [6.45, 7) is 1.42. The van der Waals surface area contributed by atoms with Crippen LogP contribution in [-0.2, 0) is 9.59 Å². The lowest BCUT2D eigenvalue weighted by molar-refractivity contribution is -0.129. The first-order chi connectivity index (χ1) is 13.0. The van der Waals surface area contributed by atoms with E-state index in [0.29, 0.717) is 16.1 Å². The van der Waals surface area contributed by atoms with Gasteiger partial charge in [0.15, 0.2) is 5.13 Å². The molecule has 0 spiro atoms. The molecule has 1 unspecified atom stereocenters. The number of rotatable bonds is 6. The fourth-order valence-electron chi connectivity index (χ4n) is 2.38. The highest BCUT2D eigenvalue weighted by molar-refractivity contribution is 7.18. The van der Waals surface area contributed by atoms with E-state index >= 15 is 0 Å². The number of ketones is 1. The summed E-state index contributed by atoms with van der Waals surface area (Å²) in [7, 11) is 0. The average molecular weight is 379 g/mol. The maximum Gasteiger partial charge on any atom is 0.238 e. The van der Waals surface area contributed by atoms with Crippen LogP contribution in [-0.4, -0.2) is 22.6 Å². The van der Waals surface area contributed by atoms with Crippen LogP contribution in [0.5, 0.6) is 0 Å². The highest BCUT2D eigenvalue weighted by Crippen LogP contribution is 2.33. The molecule has 0 bridgehead atoms. The normalized spacial score (nSPS) is 11.6. The van der Waals surface area contributed by atoms with Gasteiger partial charge in [0, 0.05) is 11.1 Å². The van der Waals surface area contributed by atoms with Gasteiger partial charge < -0.3 is 11.1 Å². The monoisotopic (exact) mass is 379 g/mol. The number of primary amides is 1. The van der Waals surface area contributed by atoms with Crippen LogP contribution in [0.1, 0.15) is 22.2 Å². The van der Waals surface area contributed by atoms with Crippen molar-refractivity contribution in [2.75, 3.05) is 5.32 Å². The van der Waals surface area contributed by atoms with Crippen LogP contribution >= 0.6 is 11.3 Å². The molecule has 0 radical (unpaired) electrons. The summed E-state index contributed by atoms with van der Waals surface area (Å²) < 4.78 is 0. The Balaban J connectivity index is 2.01. The summed E-state index contributed by atoms with van der Waals surface area (Å²) in [5.74, 6) is -2.47. The lowest BCUT2D eigenvalue weighted by Gasteiger charge is -2.05. The van der Waals surface area contributed by atoms with Crippen molar-refractivity contribution in [1.82, 2.24) is 4.98 Å². The molecule has 0 fully saturated rings. The highest BCUT2D eigenvalue weighted by Gasteiger charge is 2.24. The molecule has 0 aliphatic carbocycles. The fourth-order valence-corrected chi connectivity index (χ4v) is 3.34. The molecule has 3 aromatic rings. The van der Waals surface area contributed by atoms with Gasteiger partial charge in [-0.3, -0.25) is 14.4 Å². The molecule has 1 heterocycles. The minimum absolute atomic E-state index is 0.185. The van der Waals surface area contributed by atoms with Crippen molar-refractivity contribution < 1.29 is 14.4 Å². The van der Waals surface area contributed by atoms with Gasteiger partial charge in [-0.1, -0.05) is 72.0 Å². The second-order valence-corrected chi connectivity index (χ2v) is 6.87. The largest absolute Gasteiger partial charge is 0.369 e. The predicted molar refractivity (Wildman–Crippen MR) is 104 cm³/mol. The molecule has 1 aromatic heterocycles. The van der Waals surface area contributed by atoms with E-state index < -0.39 is 17.7 Å². The van der Waals surface area contributed by atoms with Gasteiger partial charge in [0.2, 0.25) is 17.6 Å². The van der Waals surface area contributed by atoms with Gasteiger partial charge in [0.1, 0.15) is 10.8 Å². The van der Waals surface area contributed by atoms with Crippen molar-refractivity contribution in [1.29, 1.82) is 0 Å². The SMILES string of the molecule is CC(C(N)=O)C(=O)Nc1nc(-c2ccccc2)c(C(=O)c2ccccc2)s1. The number of hydrogen-bond acceptors (Lipinski definition) is 5. The number of benzene rings is 2. The number of hydrogen-bond donors (Lipinski definition) is 2. The van der Waals surface area contributed by atoms with Gasteiger partial charge in [-0.05, 0) is 6.92 Å². The Morgan fingerprint density at radius 2 is 1.59 bits per heavy atom. The highest BCUT2D eigenvalue weighted by atomic mass is 32.1. The van der Waals surface area contributed by atoms with Crippen LogP contribution in [0.2, 0.25) is 0 Å². The smallest absolute Gasteiger partial charge is 0.238 e. The Morgan fingerprint density at radius 3 is 2.19 bits per heavy atom. The molecule has 3 rings (SSSR count). The van der Waals surface area contributed by atoms with E-state index in [4.69, 9.17) is 5.73 Å². The molecule has 27 heavy (non-hydrogen) atoms. The second-order valence-electron chi connectivity index (χ2n) is 5.87. The van der Waals surface area contributed by atoms with Crippen LogP contribution in [0, 0.1) is 5.92 Å². The fraction of sp³-hybridized carbons (Fsp3) is 0.100. The summed E-state index contributed by atoms with van der Waals surface area (Å²) in [4.78, 5) is 41.1. The molecule has 136 valence electrons. The number of nitrogens with two attached hydrogens (primary N) is 1. The standard InChI is InChI=1S/C20H17N3O3S/c1-12(18(21)25)19(26)23-20-22-15(13-8-4-2-5-9-13)17(27-20)16(24)14-10-6-3-7-11-14/h2-12H,1H3,(H2,21,25)(H,22,23,26). The predicted octanol–water partition coefficient (Wildman–Crippen LogP) is 3.10. The third-order valence-electron chi connectivity index (χ3n) is 3.97. The second kappa shape index (κ2) is 7.92. The third kappa shape index (κ3) is 4.09. The minimum atomic E-state index is -0.998. The van der Waals surface area contributed by atoms with Gasteiger partial charge in [0.05, 0.1) is 5.69 Å². The lowest BCUT2D eigenvalue weighted by Crippen LogP contribution is -2.32. The maximum absolute atomic E-state index is 13.0. The van der Waals surface area contributed by atoms with Crippen molar-refractivity contribution >= 4 is 34.1 Å². The van der Waals surface area contributed by atoms with Crippen LogP contribution in [0.4, 0.5) is 5.13 Å². The number of aromatic nitrogens is 1. The first-order valence-corrected chi connectivity index (χ1v) is 9.05. The zero-order valence-electron chi connectivity index (χ0n) is 14.5. The Hall–Kier alpha value is -3.32. The Kier molecular flexibility index (Phi) is 5.42. The first kappa shape index (κ1) is 18.5. The number of anilines is 1.